The first-order valence-corrected chi connectivity index (χ1v) is 12.9. The maximum absolute atomic E-state index is 15.0. The summed E-state index contributed by atoms with van der Waals surface area (Å²) in [6, 6.07) is 30.1. The first-order valence-electron chi connectivity index (χ1n) is 10.7. The first kappa shape index (κ1) is 26.3. The molecule has 5 nitrogen and oxygen atoms in total. The maximum Gasteiger partial charge on any atom is 0.329 e. The zero-order chi connectivity index (χ0) is 25.6. The van der Waals surface area contributed by atoms with Crippen LogP contribution in [-0.2, 0) is 34.2 Å². The molecule has 0 radical (unpaired) electrons. The fraction of sp³-hybridized carbons (Fsp3) is 0.0741. The van der Waals surface area contributed by atoms with E-state index in [0.717, 1.165) is 0 Å². The highest BCUT2D eigenvalue weighted by atomic mass is 35.5. The monoisotopic (exact) mass is 554 g/mol. The quantitative estimate of drug-likeness (QED) is 0.185. The summed E-state index contributed by atoms with van der Waals surface area (Å²) in [5.74, 6) is -0.677. The van der Waals surface area contributed by atoms with Crippen LogP contribution in [0.25, 0.3) is 0 Å². The van der Waals surface area contributed by atoms with Gasteiger partial charge in [-0.15, -0.1) is 0 Å². The Morgan fingerprint density at radius 2 is 0.833 bits per heavy atom. The van der Waals surface area contributed by atoms with E-state index < -0.39 is 34.4 Å². The highest BCUT2D eigenvalue weighted by Gasteiger charge is 2.57. The van der Waals surface area contributed by atoms with E-state index in [-0.39, 0.29) is 0 Å². The van der Waals surface area contributed by atoms with Crippen molar-refractivity contribution in [3.63, 3.8) is 0 Å². The zero-order valence-electron chi connectivity index (χ0n) is 18.6. The van der Waals surface area contributed by atoms with Gasteiger partial charge in [-0.3, -0.25) is 13.8 Å². The molecule has 0 bridgehead atoms. The van der Waals surface area contributed by atoms with Gasteiger partial charge in [-0.2, -0.15) is 0 Å². The van der Waals surface area contributed by atoms with E-state index in [1.165, 1.54) is 0 Å². The van der Waals surface area contributed by atoms with Gasteiger partial charge in [-0.1, -0.05) is 108 Å². The van der Waals surface area contributed by atoms with Crippen LogP contribution in [0.4, 0.5) is 0 Å². The Kier molecular flexibility index (Phi) is 8.43. The third-order valence-electron chi connectivity index (χ3n) is 5.85. The molecule has 4 aromatic rings. The van der Waals surface area contributed by atoms with Gasteiger partial charge in [0.05, 0.1) is 0 Å². The van der Waals surface area contributed by atoms with Crippen molar-refractivity contribution in [3.8, 4) is 0 Å². The normalized spacial score (nSPS) is 14.7. The summed E-state index contributed by atoms with van der Waals surface area (Å²) in [6.45, 7) is 0. The van der Waals surface area contributed by atoms with Crippen LogP contribution in [0.2, 0.25) is 10.0 Å². The minimum atomic E-state index is -1.95. The largest absolute Gasteiger partial charge is 0.329 e. The molecular formula is C27H18Cl2O5P2. The first-order chi connectivity index (χ1) is 17.5. The van der Waals surface area contributed by atoms with Gasteiger partial charge >= 0.3 is 17.4 Å². The van der Waals surface area contributed by atoms with Crippen molar-refractivity contribution in [2.24, 2.45) is 0 Å². The van der Waals surface area contributed by atoms with Crippen molar-refractivity contribution in [2.45, 2.75) is 11.2 Å². The van der Waals surface area contributed by atoms with Gasteiger partial charge in [0.2, 0.25) is 5.78 Å². The number of hydrogen-bond donors (Lipinski definition) is 0. The Labute approximate surface area is 221 Å². The maximum atomic E-state index is 15.0. The number of rotatable bonds is 10. The molecule has 36 heavy (non-hydrogen) atoms. The van der Waals surface area contributed by atoms with Gasteiger partial charge in [-0.05, 0) is 46.5 Å². The second-order valence-electron chi connectivity index (χ2n) is 7.77. The molecule has 0 amide bonds. The predicted molar refractivity (Wildman–Crippen MR) is 140 cm³/mol. The van der Waals surface area contributed by atoms with Crippen molar-refractivity contribution < 1.29 is 23.0 Å². The van der Waals surface area contributed by atoms with Crippen molar-refractivity contribution >= 4 is 46.4 Å². The van der Waals surface area contributed by atoms with E-state index in [0.29, 0.717) is 32.3 Å². The van der Waals surface area contributed by atoms with Crippen LogP contribution in [0.5, 0.6) is 0 Å². The summed E-state index contributed by atoms with van der Waals surface area (Å²) < 4.78 is 35.9. The summed E-state index contributed by atoms with van der Waals surface area (Å²) in [5, 5.41) is 0.878. The molecule has 0 spiro atoms. The molecular weight excluding hydrogens is 537 g/mol. The van der Waals surface area contributed by atoms with Crippen LogP contribution in [0, 0.1) is 0 Å². The molecule has 0 N–H and O–H groups in total. The summed E-state index contributed by atoms with van der Waals surface area (Å²) >= 11 is 12.3. The Bertz CT molecular complexity index is 1250. The smallest absolute Gasteiger partial charge is 0.291 e. The molecule has 0 aliphatic rings. The molecule has 0 aromatic heterocycles. The lowest BCUT2D eigenvalue weighted by atomic mass is 9.71. The Morgan fingerprint density at radius 3 is 1.14 bits per heavy atom. The lowest BCUT2D eigenvalue weighted by Crippen LogP contribution is -2.51. The lowest BCUT2D eigenvalue weighted by molar-refractivity contribution is -0.145. The van der Waals surface area contributed by atoms with Gasteiger partial charge < -0.3 is 0 Å². The number of ketones is 1. The van der Waals surface area contributed by atoms with Crippen LogP contribution >= 0.6 is 40.6 Å². The molecule has 4 rings (SSSR count). The summed E-state index contributed by atoms with van der Waals surface area (Å²) in [5.41, 5.74) is -2.41. The molecule has 2 unspecified atom stereocenters. The molecule has 2 atom stereocenters. The highest BCUT2D eigenvalue weighted by molar-refractivity contribution is 7.17. The van der Waals surface area contributed by atoms with Crippen molar-refractivity contribution in [3.05, 3.63) is 141 Å². The average Bonchev–Trinajstić information content (AvgIpc) is 2.92. The molecule has 0 fully saturated rings. The highest BCUT2D eigenvalue weighted by Crippen LogP contribution is 2.48. The minimum absolute atomic E-state index is 0.354. The molecule has 4 aromatic carbocycles. The topological polar surface area (TPSA) is 69.7 Å². The fourth-order valence-electron chi connectivity index (χ4n) is 4.23. The summed E-state index contributed by atoms with van der Waals surface area (Å²) in [7, 11) is -1.52. The Balaban J connectivity index is 2.12. The fourth-order valence-corrected chi connectivity index (χ4v) is 5.29. The molecule has 0 saturated heterocycles. The van der Waals surface area contributed by atoms with Crippen LogP contribution < -0.4 is 0 Å². The van der Waals surface area contributed by atoms with Crippen molar-refractivity contribution in [1.29, 1.82) is 0 Å². The van der Waals surface area contributed by atoms with Crippen LogP contribution in [0.15, 0.2) is 109 Å². The second-order valence-corrected chi connectivity index (χ2v) is 9.31. The third-order valence-corrected chi connectivity index (χ3v) is 7.05. The SMILES string of the molecule is O=POC(C(=O)C(OP=O)(c1ccccc1)c1ccc(Cl)cc1)(c1ccccc1)c1ccc(Cl)cc1. The van der Waals surface area contributed by atoms with Gasteiger partial charge in [0.1, 0.15) is 0 Å². The van der Waals surface area contributed by atoms with Gasteiger partial charge in [0.15, 0.2) is 11.2 Å². The summed E-state index contributed by atoms with van der Waals surface area (Å²) in [6.07, 6.45) is 0. The van der Waals surface area contributed by atoms with Gasteiger partial charge in [-0.25, -0.2) is 9.13 Å². The van der Waals surface area contributed by atoms with Gasteiger partial charge in [0.25, 0.3) is 0 Å². The average molecular weight is 555 g/mol. The van der Waals surface area contributed by atoms with Crippen molar-refractivity contribution in [1.82, 2.24) is 0 Å². The third kappa shape index (κ3) is 4.79. The van der Waals surface area contributed by atoms with Gasteiger partial charge in [0, 0.05) is 10.0 Å². The van der Waals surface area contributed by atoms with Crippen LogP contribution in [-0.4, -0.2) is 5.78 Å². The standard InChI is InChI=1S/C27H18Cl2O5P2/c28-23-15-11-21(12-16-23)26(33-35-31,19-7-3-1-4-8-19)25(30)27(34-36-32,20-9-5-2-6-10-20)22-13-17-24(29)18-14-22/h1-18H. The second kappa shape index (κ2) is 11.5. The number of Topliss-reactive ketones (excluding diaryl/α,β-unsaturated/α-hetero) is 1. The van der Waals surface area contributed by atoms with Crippen LogP contribution in [0.1, 0.15) is 22.3 Å². The number of halogens is 2. The molecule has 0 aliphatic carbocycles. The van der Waals surface area contributed by atoms with Crippen molar-refractivity contribution in [2.75, 3.05) is 0 Å². The van der Waals surface area contributed by atoms with E-state index in [2.05, 4.69) is 0 Å². The van der Waals surface area contributed by atoms with E-state index in [1.807, 2.05) is 0 Å². The Hall–Kier alpha value is -2.75. The van der Waals surface area contributed by atoms with E-state index in [4.69, 9.17) is 32.2 Å². The molecule has 0 aliphatic heterocycles. The molecule has 0 saturated carbocycles. The number of carbonyl (C=O) groups is 1. The predicted octanol–water partition coefficient (Wildman–Crippen LogP) is 8.20. The number of benzene rings is 4. The summed E-state index contributed by atoms with van der Waals surface area (Å²) in [4.78, 5) is 15.0. The van der Waals surface area contributed by atoms with E-state index in [1.54, 1.807) is 109 Å². The lowest BCUT2D eigenvalue weighted by Gasteiger charge is -2.39. The number of carbonyl (C=O) groups excluding carboxylic acids is 1. The zero-order valence-corrected chi connectivity index (χ0v) is 21.9. The van der Waals surface area contributed by atoms with Crippen LogP contribution in [0.3, 0.4) is 0 Å². The molecule has 180 valence electrons. The minimum Gasteiger partial charge on any atom is -0.291 e. The number of hydrogen-bond acceptors (Lipinski definition) is 5. The molecule has 0 heterocycles. The Morgan fingerprint density at radius 1 is 0.528 bits per heavy atom. The van der Waals surface area contributed by atoms with E-state index in [9.17, 15) is 9.13 Å². The molecule has 9 heteroatoms. The van der Waals surface area contributed by atoms with E-state index >= 15 is 4.79 Å².